The summed E-state index contributed by atoms with van der Waals surface area (Å²) in [5, 5.41) is 4.53. The minimum Gasteiger partial charge on any atom is -0.319 e. The Morgan fingerprint density at radius 2 is 2.11 bits per heavy atom. The third-order valence-corrected chi connectivity index (χ3v) is 4.16. The van der Waals surface area contributed by atoms with Gasteiger partial charge in [-0.25, -0.2) is 0 Å². The summed E-state index contributed by atoms with van der Waals surface area (Å²) in [6, 6.07) is 13.2. The average molecular weight is 255 g/mol. The second kappa shape index (κ2) is 5.27. The lowest BCUT2D eigenvalue weighted by molar-refractivity contribution is 0.269. The van der Waals surface area contributed by atoms with Gasteiger partial charge in [0.1, 0.15) is 0 Å². The lowest BCUT2D eigenvalue weighted by Crippen LogP contribution is -2.27. The number of aromatic nitrogens is 1. The van der Waals surface area contributed by atoms with Crippen LogP contribution in [0.25, 0.3) is 10.9 Å². The Kier molecular flexibility index (Phi) is 3.49. The molecule has 1 N–H and O–H groups in total. The molecule has 2 atom stereocenters. The first-order valence-electron chi connectivity index (χ1n) is 7.00. The molecule has 0 radical (unpaired) electrons. The van der Waals surface area contributed by atoms with Crippen LogP contribution in [0.5, 0.6) is 0 Å². The quantitative estimate of drug-likeness (QED) is 0.913. The first kappa shape index (κ1) is 12.6. The van der Waals surface area contributed by atoms with Gasteiger partial charge in [-0.1, -0.05) is 24.3 Å². The summed E-state index contributed by atoms with van der Waals surface area (Å²) in [6.07, 6.45) is 1.25. The molecule has 1 aliphatic rings. The smallest absolute Gasteiger partial charge is 0.0706 e. The summed E-state index contributed by atoms with van der Waals surface area (Å²) in [4.78, 5) is 7.30. The number of hydrogen-bond acceptors (Lipinski definition) is 3. The first-order chi connectivity index (χ1) is 9.29. The average Bonchev–Trinajstić information content (AvgIpc) is 2.80. The van der Waals surface area contributed by atoms with E-state index in [4.69, 9.17) is 4.98 Å². The van der Waals surface area contributed by atoms with E-state index in [9.17, 15) is 0 Å². The highest BCUT2D eigenvalue weighted by molar-refractivity contribution is 5.78. The van der Waals surface area contributed by atoms with E-state index in [-0.39, 0.29) is 0 Å². The van der Waals surface area contributed by atoms with E-state index in [1.165, 1.54) is 17.5 Å². The van der Waals surface area contributed by atoms with Crippen molar-refractivity contribution in [2.45, 2.75) is 12.5 Å². The molecule has 3 nitrogen and oxygen atoms in total. The molecule has 0 saturated carbocycles. The molecule has 0 amide bonds. The third-order valence-electron chi connectivity index (χ3n) is 4.16. The number of likely N-dealkylation sites (tertiary alicyclic amines) is 1. The predicted molar refractivity (Wildman–Crippen MR) is 79.1 cm³/mol. The third kappa shape index (κ3) is 2.36. The van der Waals surface area contributed by atoms with Crippen molar-refractivity contribution in [3.05, 3.63) is 42.1 Å². The summed E-state index contributed by atoms with van der Waals surface area (Å²) in [5.74, 6) is 0.656. The van der Waals surface area contributed by atoms with Crippen LogP contribution in [0.4, 0.5) is 0 Å². The number of fused-ring (bicyclic) bond motifs is 1. The topological polar surface area (TPSA) is 28.2 Å². The molecule has 2 unspecified atom stereocenters. The van der Waals surface area contributed by atoms with Crippen LogP contribution in [0.2, 0.25) is 0 Å². The number of benzene rings is 1. The lowest BCUT2D eigenvalue weighted by atomic mass is 9.96. The Labute approximate surface area is 114 Å². The van der Waals surface area contributed by atoms with Gasteiger partial charge >= 0.3 is 0 Å². The highest BCUT2D eigenvalue weighted by Gasteiger charge is 2.33. The van der Waals surface area contributed by atoms with E-state index >= 15 is 0 Å². The van der Waals surface area contributed by atoms with Crippen LogP contribution in [0, 0.1) is 5.92 Å². The van der Waals surface area contributed by atoms with Gasteiger partial charge in [0.2, 0.25) is 0 Å². The molecule has 1 aromatic heterocycles. The first-order valence-corrected chi connectivity index (χ1v) is 7.00. The van der Waals surface area contributed by atoms with Crippen molar-refractivity contribution in [2.24, 2.45) is 5.92 Å². The molecule has 0 bridgehead atoms. The number of rotatable bonds is 3. The molecule has 1 fully saturated rings. The molecule has 2 aromatic rings. The second-order valence-corrected chi connectivity index (χ2v) is 5.46. The monoisotopic (exact) mass is 255 g/mol. The molecular formula is C16H21N3. The fraction of sp³-hybridized carbons (Fsp3) is 0.438. The van der Waals surface area contributed by atoms with Crippen LogP contribution in [0.1, 0.15) is 18.2 Å². The standard InChI is InChI=1S/C16H21N3/c1-17-11-13-9-10-19(2)16(13)15-8-7-12-5-3-4-6-14(12)18-15/h3-8,13,16-17H,9-11H2,1-2H3. The zero-order chi connectivity index (χ0) is 13.2. The van der Waals surface area contributed by atoms with Gasteiger partial charge in [0.05, 0.1) is 17.3 Å². The van der Waals surface area contributed by atoms with Crippen molar-refractivity contribution in [2.75, 3.05) is 27.2 Å². The van der Waals surface area contributed by atoms with Crippen molar-refractivity contribution in [3.63, 3.8) is 0 Å². The Hall–Kier alpha value is -1.45. The molecule has 1 aromatic carbocycles. The van der Waals surface area contributed by atoms with E-state index in [1.54, 1.807) is 0 Å². The largest absolute Gasteiger partial charge is 0.319 e. The molecular weight excluding hydrogens is 234 g/mol. The van der Waals surface area contributed by atoms with Crippen molar-refractivity contribution in [3.8, 4) is 0 Å². The Balaban J connectivity index is 1.97. The van der Waals surface area contributed by atoms with E-state index in [0.717, 1.165) is 18.6 Å². The van der Waals surface area contributed by atoms with Crippen molar-refractivity contribution in [1.29, 1.82) is 0 Å². The number of nitrogens with zero attached hydrogens (tertiary/aromatic N) is 2. The molecule has 19 heavy (non-hydrogen) atoms. The fourth-order valence-electron chi connectivity index (χ4n) is 3.22. The van der Waals surface area contributed by atoms with Crippen LogP contribution in [-0.2, 0) is 0 Å². The van der Waals surface area contributed by atoms with Crippen molar-refractivity contribution < 1.29 is 0 Å². The molecule has 0 spiro atoms. The second-order valence-electron chi connectivity index (χ2n) is 5.46. The maximum Gasteiger partial charge on any atom is 0.0706 e. The van der Waals surface area contributed by atoms with Gasteiger partial charge in [-0.05, 0) is 51.7 Å². The van der Waals surface area contributed by atoms with Gasteiger partial charge in [0, 0.05) is 5.39 Å². The summed E-state index contributed by atoms with van der Waals surface area (Å²) in [7, 11) is 4.24. The van der Waals surface area contributed by atoms with E-state index in [2.05, 4.69) is 53.7 Å². The highest BCUT2D eigenvalue weighted by atomic mass is 15.2. The number of hydrogen-bond donors (Lipinski definition) is 1. The van der Waals surface area contributed by atoms with Gasteiger partial charge in [0.25, 0.3) is 0 Å². The summed E-state index contributed by atoms with van der Waals surface area (Å²) in [6.45, 7) is 2.22. The van der Waals surface area contributed by atoms with Crippen LogP contribution >= 0.6 is 0 Å². The number of para-hydroxylation sites is 1. The van der Waals surface area contributed by atoms with Gasteiger partial charge in [-0.2, -0.15) is 0 Å². The summed E-state index contributed by atoms with van der Waals surface area (Å²) < 4.78 is 0. The van der Waals surface area contributed by atoms with Crippen LogP contribution in [0.15, 0.2) is 36.4 Å². The van der Waals surface area contributed by atoms with E-state index < -0.39 is 0 Å². The zero-order valence-electron chi connectivity index (χ0n) is 11.6. The van der Waals surface area contributed by atoms with Gasteiger partial charge in [-0.15, -0.1) is 0 Å². The number of nitrogens with one attached hydrogen (secondary N) is 1. The van der Waals surface area contributed by atoms with Crippen LogP contribution in [-0.4, -0.2) is 37.1 Å². The summed E-state index contributed by atoms with van der Waals surface area (Å²) >= 11 is 0. The van der Waals surface area contributed by atoms with Crippen molar-refractivity contribution >= 4 is 10.9 Å². The van der Waals surface area contributed by atoms with Crippen molar-refractivity contribution in [1.82, 2.24) is 15.2 Å². The highest BCUT2D eigenvalue weighted by Crippen LogP contribution is 2.35. The van der Waals surface area contributed by atoms with E-state index in [1.807, 2.05) is 7.05 Å². The normalized spacial score (nSPS) is 24.1. The van der Waals surface area contributed by atoms with E-state index in [0.29, 0.717) is 12.0 Å². The molecule has 1 saturated heterocycles. The fourth-order valence-corrected chi connectivity index (χ4v) is 3.22. The van der Waals surface area contributed by atoms with Crippen LogP contribution in [0.3, 0.4) is 0 Å². The molecule has 3 heteroatoms. The SMILES string of the molecule is CNCC1CCN(C)C1c1ccc2ccccc2n1. The molecule has 1 aliphatic heterocycles. The minimum atomic E-state index is 0.442. The molecule has 3 rings (SSSR count). The molecule has 2 heterocycles. The molecule has 100 valence electrons. The van der Waals surface area contributed by atoms with Crippen LogP contribution < -0.4 is 5.32 Å². The molecule has 0 aliphatic carbocycles. The van der Waals surface area contributed by atoms with Gasteiger partial charge in [0.15, 0.2) is 0 Å². The maximum atomic E-state index is 4.87. The Morgan fingerprint density at radius 1 is 1.26 bits per heavy atom. The predicted octanol–water partition coefficient (Wildman–Crippen LogP) is 2.45. The Morgan fingerprint density at radius 3 is 2.95 bits per heavy atom. The van der Waals surface area contributed by atoms with Gasteiger partial charge < -0.3 is 5.32 Å². The zero-order valence-corrected chi connectivity index (χ0v) is 11.6. The maximum absolute atomic E-state index is 4.87. The van der Waals surface area contributed by atoms with Gasteiger partial charge in [-0.3, -0.25) is 9.88 Å². The lowest BCUT2D eigenvalue weighted by Gasteiger charge is -2.24. The number of pyridine rings is 1. The summed E-state index contributed by atoms with van der Waals surface area (Å²) in [5.41, 5.74) is 2.31. The minimum absolute atomic E-state index is 0.442. The Bertz CT molecular complexity index is 565.